The van der Waals surface area contributed by atoms with Gasteiger partial charge in [-0.15, -0.1) is 0 Å². The largest absolute Gasteiger partial charge is 0.464 e. The van der Waals surface area contributed by atoms with Crippen LogP contribution in [0.4, 0.5) is 11.4 Å². The second kappa shape index (κ2) is 6.68. The first kappa shape index (κ1) is 18.3. The molecular formula is C20H18N2O5. The summed E-state index contributed by atoms with van der Waals surface area (Å²) in [6, 6.07) is 7.93. The number of non-ortho nitro benzene ring substituents is 2. The molecule has 0 amide bonds. The summed E-state index contributed by atoms with van der Waals surface area (Å²) in [6.45, 7) is 7.25. The van der Waals surface area contributed by atoms with E-state index >= 15 is 0 Å². The number of aryl methyl sites for hydroxylation is 4. The molecule has 138 valence electrons. The van der Waals surface area contributed by atoms with E-state index < -0.39 is 9.85 Å². The van der Waals surface area contributed by atoms with E-state index in [-0.39, 0.29) is 11.4 Å². The van der Waals surface area contributed by atoms with Crippen molar-refractivity contribution < 1.29 is 14.3 Å². The molecule has 7 heteroatoms. The molecule has 3 rings (SSSR count). The Kier molecular flexibility index (Phi) is 4.53. The lowest BCUT2D eigenvalue weighted by atomic mass is 9.91. The maximum atomic E-state index is 11.1. The van der Waals surface area contributed by atoms with Crippen LogP contribution in [0.5, 0.6) is 0 Å². The van der Waals surface area contributed by atoms with E-state index in [2.05, 4.69) is 0 Å². The number of furan rings is 1. The van der Waals surface area contributed by atoms with E-state index in [9.17, 15) is 20.2 Å². The standard InChI is InChI=1S/C20H18N2O5/c1-11-7-15(21(23)24)8-12(2)18(11)17-5-6-27-20(17)19-13(3)9-16(22(25)26)10-14(19)4/h5-10H,1-4H3. The zero-order chi connectivity index (χ0) is 19.9. The zero-order valence-corrected chi connectivity index (χ0v) is 15.4. The van der Waals surface area contributed by atoms with Crippen LogP contribution in [0.3, 0.4) is 0 Å². The van der Waals surface area contributed by atoms with Crippen LogP contribution in [0.1, 0.15) is 22.3 Å². The lowest BCUT2D eigenvalue weighted by Crippen LogP contribution is -1.96. The monoisotopic (exact) mass is 366 g/mol. The lowest BCUT2D eigenvalue weighted by molar-refractivity contribution is -0.385. The quantitative estimate of drug-likeness (QED) is 0.438. The molecule has 0 bridgehead atoms. The molecule has 0 N–H and O–H groups in total. The Morgan fingerprint density at radius 3 is 1.56 bits per heavy atom. The van der Waals surface area contributed by atoms with Crippen LogP contribution in [0.15, 0.2) is 41.0 Å². The van der Waals surface area contributed by atoms with Crippen LogP contribution >= 0.6 is 0 Å². The summed E-state index contributed by atoms with van der Waals surface area (Å²) in [5, 5.41) is 22.2. The Morgan fingerprint density at radius 1 is 0.741 bits per heavy atom. The van der Waals surface area contributed by atoms with Gasteiger partial charge in [0.2, 0.25) is 0 Å². The minimum absolute atomic E-state index is 0.0320. The third-order valence-corrected chi connectivity index (χ3v) is 4.62. The van der Waals surface area contributed by atoms with Crippen molar-refractivity contribution >= 4 is 11.4 Å². The maximum absolute atomic E-state index is 11.1. The Labute approximate surface area is 155 Å². The number of nitro benzene ring substituents is 2. The van der Waals surface area contributed by atoms with E-state index in [4.69, 9.17) is 4.42 Å². The van der Waals surface area contributed by atoms with Crippen molar-refractivity contribution in [2.45, 2.75) is 27.7 Å². The summed E-state index contributed by atoms with van der Waals surface area (Å²) in [7, 11) is 0. The average Bonchev–Trinajstić information content (AvgIpc) is 3.02. The zero-order valence-electron chi connectivity index (χ0n) is 15.4. The third kappa shape index (κ3) is 3.19. The molecule has 0 aliphatic rings. The SMILES string of the molecule is Cc1cc([N+](=O)[O-])cc(C)c1-c1ccoc1-c1c(C)cc([N+](=O)[O-])cc1C. The summed E-state index contributed by atoms with van der Waals surface area (Å²) in [5.74, 6) is 0.597. The number of benzene rings is 2. The molecule has 0 atom stereocenters. The molecule has 3 aromatic rings. The maximum Gasteiger partial charge on any atom is 0.270 e. The van der Waals surface area contributed by atoms with Crippen molar-refractivity contribution in [3.63, 3.8) is 0 Å². The van der Waals surface area contributed by atoms with E-state index in [1.165, 1.54) is 24.3 Å². The van der Waals surface area contributed by atoms with Crippen molar-refractivity contribution in [3.05, 3.63) is 79.1 Å². The fraction of sp³-hybridized carbons (Fsp3) is 0.200. The molecule has 0 spiro atoms. The molecular weight excluding hydrogens is 348 g/mol. The summed E-state index contributed by atoms with van der Waals surface area (Å²) >= 11 is 0. The smallest absolute Gasteiger partial charge is 0.270 e. The minimum Gasteiger partial charge on any atom is -0.464 e. The Balaban J connectivity index is 2.22. The fourth-order valence-corrected chi connectivity index (χ4v) is 3.57. The van der Waals surface area contributed by atoms with Crippen molar-refractivity contribution in [1.82, 2.24) is 0 Å². The van der Waals surface area contributed by atoms with Gasteiger partial charge in [-0.1, -0.05) is 0 Å². The first-order valence-corrected chi connectivity index (χ1v) is 8.30. The van der Waals surface area contributed by atoms with Gasteiger partial charge in [0.1, 0.15) is 5.76 Å². The number of hydrogen-bond donors (Lipinski definition) is 0. The molecule has 0 aliphatic heterocycles. The Morgan fingerprint density at radius 2 is 1.15 bits per heavy atom. The summed E-state index contributed by atoms with van der Waals surface area (Å²) < 4.78 is 5.75. The van der Waals surface area contributed by atoms with Crippen LogP contribution < -0.4 is 0 Å². The minimum atomic E-state index is -0.419. The molecule has 2 aromatic carbocycles. The molecule has 0 unspecified atom stereocenters. The average molecular weight is 366 g/mol. The first-order chi connectivity index (χ1) is 12.7. The van der Waals surface area contributed by atoms with Gasteiger partial charge in [-0.25, -0.2) is 0 Å². The van der Waals surface area contributed by atoms with E-state index in [0.717, 1.165) is 38.9 Å². The van der Waals surface area contributed by atoms with Crippen molar-refractivity contribution in [2.24, 2.45) is 0 Å². The number of nitrogens with zero attached hydrogens (tertiary/aromatic N) is 2. The molecule has 0 aliphatic carbocycles. The first-order valence-electron chi connectivity index (χ1n) is 8.30. The Hall–Kier alpha value is -3.48. The molecule has 0 fully saturated rings. The summed E-state index contributed by atoms with van der Waals surface area (Å²) in [4.78, 5) is 21.4. The predicted octanol–water partition coefficient (Wildman–Crippen LogP) is 5.66. The number of hydrogen-bond acceptors (Lipinski definition) is 5. The van der Waals surface area contributed by atoms with Gasteiger partial charge in [-0.3, -0.25) is 20.2 Å². The van der Waals surface area contributed by atoms with Crippen LogP contribution in [-0.4, -0.2) is 9.85 Å². The van der Waals surface area contributed by atoms with Gasteiger partial charge in [-0.05, 0) is 61.6 Å². The Bertz CT molecular complexity index is 952. The van der Waals surface area contributed by atoms with Gasteiger partial charge in [0.05, 0.1) is 16.1 Å². The molecule has 0 radical (unpaired) electrons. The van der Waals surface area contributed by atoms with Gasteiger partial charge < -0.3 is 4.42 Å². The molecule has 0 saturated heterocycles. The molecule has 1 heterocycles. The third-order valence-electron chi connectivity index (χ3n) is 4.62. The highest BCUT2D eigenvalue weighted by atomic mass is 16.6. The van der Waals surface area contributed by atoms with E-state index in [1.807, 2.05) is 19.9 Å². The van der Waals surface area contributed by atoms with Crippen molar-refractivity contribution in [2.75, 3.05) is 0 Å². The topological polar surface area (TPSA) is 99.4 Å². The molecule has 0 saturated carbocycles. The highest BCUT2D eigenvalue weighted by Crippen LogP contribution is 2.41. The van der Waals surface area contributed by atoms with Gasteiger partial charge in [0, 0.05) is 35.4 Å². The summed E-state index contributed by atoms with van der Waals surface area (Å²) in [5.41, 5.74) is 5.53. The van der Waals surface area contributed by atoms with Crippen molar-refractivity contribution in [1.29, 1.82) is 0 Å². The highest BCUT2D eigenvalue weighted by Gasteiger charge is 2.22. The van der Waals surface area contributed by atoms with Crippen LogP contribution in [0.25, 0.3) is 22.5 Å². The van der Waals surface area contributed by atoms with Crippen molar-refractivity contribution in [3.8, 4) is 22.5 Å². The predicted molar refractivity (Wildman–Crippen MR) is 102 cm³/mol. The summed E-state index contributed by atoms with van der Waals surface area (Å²) in [6.07, 6.45) is 1.56. The van der Waals surface area contributed by atoms with Crippen LogP contribution in [0.2, 0.25) is 0 Å². The van der Waals surface area contributed by atoms with Crippen LogP contribution in [0, 0.1) is 47.9 Å². The lowest BCUT2D eigenvalue weighted by Gasteiger charge is -2.13. The molecule has 1 aromatic heterocycles. The van der Waals surface area contributed by atoms with Gasteiger partial charge >= 0.3 is 0 Å². The van der Waals surface area contributed by atoms with E-state index in [1.54, 1.807) is 20.1 Å². The van der Waals surface area contributed by atoms with Gasteiger partial charge in [-0.2, -0.15) is 0 Å². The number of rotatable bonds is 4. The van der Waals surface area contributed by atoms with Gasteiger partial charge in [0.15, 0.2) is 0 Å². The van der Waals surface area contributed by atoms with Gasteiger partial charge in [0.25, 0.3) is 11.4 Å². The van der Waals surface area contributed by atoms with Crippen LogP contribution in [-0.2, 0) is 0 Å². The number of nitro groups is 2. The normalized spacial score (nSPS) is 10.8. The second-order valence-corrected chi connectivity index (χ2v) is 6.59. The second-order valence-electron chi connectivity index (χ2n) is 6.59. The van der Waals surface area contributed by atoms with E-state index in [0.29, 0.717) is 5.76 Å². The molecule has 27 heavy (non-hydrogen) atoms. The highest BCUT2D eigenvalue weighted by molar-refractivity contribution is 5.86. The fourth-order valence-electron chi connectivity index (χ4n) is 3.57. The molecule has 7 nitrogen and oxygen atoms in total.